The Morgan fingerprint density at radius 1 is 0.964 bits per heavy atom. The number of carbonyl (C=O) groups excluding carboxylic acids is 1. The monoisotopic (exact) mass is 375 g/mol. The third-order valence-corrected chi connectivity index (χ3v) is 5.28. The summed E-state index contributed by atoms with van der Waals surface area (Å²) in [5.74, 6) is 0.923. The van der Waals surface area contributed by atoms with Gasteiger partial charge in [-0.05, 0) is 30.7 Å². The SMILES string of the molecule is Cc1ccc([C@H](CC(=O)N2CCN(c3ncccn3)CC2)n2cccc2)cc1. The molecule has 0 bridgehead atoms. The van der Waals surface area contributed by atoms with E-state index in [1.807, 2.05) is 35.5 Å². The minimum atomic E-state index is 0.0126. The van der Waals surface area contributed by atoms with Gasteiger partial charge in [-0.3, -0.25) is 4.79 Å². The van der Waals surface area contributed by atoms with Gasteiger partial charge in [0, 0.05) is 51.0 Å². The molecule has 6 nitrogen and oxygen atoms in total. The summed E-state index contributed by atoms with van der Waals surface area (Å²) in [4.78, 5) is 25.8. The van der Waals surface area contributed by atoms with Crippen LogP contribution in [-0.2, 0) is 4.79 Å². The van der Waals surface area contributed by atoms with Crippen molar-refractivity contribution < 1.29 is 4.79 Å². The van der Waals surface area contributed by atoms with Crippen molar-refractivity contribution in [1.29, 1.82) is 0 Å². The molecule has 1 aromatic carbocycles. The highest BCUT2D eigenvalue weighted by Gasteiger charge is 2.25. The third-order valence-electron chi connectivity index (χ3n) is 5.28. The molecule has 0 saturated carbocycles. The highest BCUT2D eigenvalue weighted by atomic mass is 16.2. The maximum Gasteiger partial charge on any atom is 0.225 e. The number of amides is 1. The number of hydrogen-bond acceptors (Lipinski definition) is 4. The summed E-state index contributed by atoms with van der Waals surface area (Å²) in [7, 11) is 0. The molecular weight excluding hydrogens is 350 g/mol. The van der Waals surface area contributed by atoms with Gasteiger partial charge in [-0.2, -0.15) is 0 Å². The van der Waals surface area contributed by atoms with Crippen LogP contribution in [0, 0.1) is 6.92 Å². The molecule has 1 amide bonds. The summed E-state index contributed by atoms with van der Waals surface area (Å²) >= 11 is 0. The Hall–Kier alpha value is -3.15. The zero-order valence-electron chi connectivity index (χ0n) is 16.1. The fourth-order valence-electron chi connectivity index (χ4n) is 3.64. The van der Waals surface area contributed by atoms with Crippen LogP contribution in [-0.4, -0.2) is 51.5 Å². The fourth-order valence-corrected chi connectivity index (χ4v) is 3.64. The van der Waals surface area contributed by atoms with E-state index in [0.29, 0.717) is 19.5 Å². The number of aromatic nitrogens is 3. The second-order valence-electron chi connectivity index (χ2n) is 7.18. The molecule has 3 aromatic rings. The van der Waals surface area contributed by atoms with E-state index in [0.717, 1.165) is 24.6 Å². The Labute approximate surface area is 165 Å². The molecule has 0 unspecified atom stereocenters. The minimum Gasteiger partial charge on any atom is -0.346 e. The average Bonchev–Trinajstić information content (AvgIpc) is 3.28. The Kier molecular flexibility index (Phi) is 5.37. The maximum atomic E-state index is 13.0. The van der Waals surface area contributed by atoms with E-state index in [4.69, 9.17) is 0 Å². The quantitative estimate of drug-likeness (QED) is 0.688. The number of nitrogens with zero attached hydrogens (tertiary/aromatic N) is 5. The Morgan fingerprint density at radius 3 is 2.25 bits per heavy atom. The van der Waals surface area contributed by atoms with Crippen molar-refractivity contribution in [1.82, 2.24) is 19.4 Å². The van der Waals surface area contributed by atoms with Crippen molar-refractivity contribution >= 4 is 11.9 Å². The number of hydrogen-bond donors (Lipinski definition) is 0. The van der Waals surface area contributed by atoms with Crippen LogP contribution in [0.4, 0.5) is 5.95 Å². The molecule has 0 aliphatic carbocycles. The number of benzene rings is 1. The standard InChI is InChI=1S/C22H25N5O/c1-18-5-7-19(8-6-18)20(25-11-2-3-12-25)17-21(28)26-13-15-27(16-14-26)22-23-9-4-10-24-22/h2-12,20H,13-17H2,1H3/t20-/m0/s1. The normalized spacial score (nSPS) is 15.5. The molecule has 0 spiro atoms. The topological polar surface area (TPSA) is 54.3 Å². The summed E-state index contributed by atoms with van der Waals surface area (Å²) in [6.45, 7) is 4.99. The van der Waals surface area contributed by atoms with E-state index in [1.54, 1.807) is 12.4 Å². The maximum absolute atomic E-state index is 13.0. The molecule has 0 N–H and O–H groups in total. The lowest BCUT2D eigenvalue weighted by Crippen LogP contribution is -2.49. The van der Waals surface area contributed by atoms with E-state index in [1.165, 1.54) is 5.56 Å². The van der Waals surface area contributed by atoms with Crippen LogP contribution in [0.2, 0.25) is 0 Å². The summed E-state index contributed by atoms with van der Waals surface area (Å²) in [6, 6.07) is 14.3. The Balaban J connectivity index is 1.43. The molecule has 144 valence electrons. The predicted molar refractivity (Wildman–Crippen MR) is 109 cm³/mol. The highest BCUT2D eigenvalue weighted by Crippen LogP contribution is 2.24. The first-order valence-corrected chi connectivity index (χ1v) is 9.69. The van der Waals surface area contributed by atoms with Crippen LogP contribution < -0.4 is 4.90 Å². The van der Waals surface area contributed by atoms with Crippen LogP contribution in [0.5, 0.6) is 0 Å². The number of anilines is 1. The third kappa shape index (κ3) is 4.06. The number of aryl methyl sites for hydroxylation is 1. The van der Waals surface area contributed by atoms with Gasteiger partial charge in [0.2, 0.25) is 11.9 Å². The van der Waals surface area contributed by atoms with Crippen LogP contribution in [0.3, 0.4) is 0 Å². The highest BCUT2D eigenvalue weighted by molar-refractivity contribution is 5.77. The molecule has 1 atom stereocenters. The Bertz CT molecular complexity index is 884. The smallest absolute Gasteiger partial charge is 0.225 e. The molecule has 1 saturated heterocycles. The first-order chi connectivity index (χ1) is 13.7. The number of carbonyl (C=O) groups is 1. The van der Waals surface area contributed by atoms with Crippen LogP contribution >= 0.6 is 0 Å². The second-order valence-corrected chi connectivity index (χ2v) is 7.18. The fraction of sp³-hybridized carbons (Fsp3) is 0.318. The van der Waals surface area contributed by atoms with Gasteiger partial charge in [0.05, 0.1) is 12.5 Å². The second kappa shape index (κ2) is 8.25. The van der Waals surface area contributed by atoms with Crippen LogP contribution in [0.1, 0.15) is 23.6 Å². The lowest BCUT2D eigenvalue weighted by Gasteiger charge is -2.35. The van der Waals surface area contributed by atoms with Crippen molar-refractivity contribution in [2.24, 2.45) is 0 Å². The summed E-state index contributed by atoms with van der Waals surface area (Å²) in [5, 5.41) is 0. The van der Waals surface area contributed by atoms with E-state index >= 15 is 0 Å². The predicted octanol–water partition coefficient (Wildman–Crippen LogP) is 2.91. The molecule has 2 aromatic heterocycles. The van der Waals surface area contributed by atoms with Crippen molar-refractivity contribution in [3.8, 4) is 0 Å². The molecule has 4 rings (SSSR count). The van der Waals surface area contributed by atoms with Crippen molar-refractivity contribution in [2.75, 3.05) is 31.1 Å². The molecule has 1 aliphatic rings. The molecule has 1 fully saturated rings. The van der Waals surface area contributed by atoms with Crippen molar-refractivity contribution in [2.45, 2.75) is 19.4 Å². The number of piperazine rings is 1. The zero-order chi connectivity index (χ0) is 19.3. The van der Waals surface area contributed by atoms with Gasteiger partial charge in [0.1, 0.15) is 0 Å². The summed E-state index contributed by atoms with van der Waals surface area (Å²) < 4.78 is 2.12. The molecule has 0 radical (unpaired) electrons. The van der Waals surface area contributed by atoms with Gasteiger partial charge in [-0.15, -0.1) is 0 Å². The number of rotatable bonds is 5. The lowest BCUT2D eigenvalue weighted by molar-refractivity contribution is -0.132. The molecule has 28 heavy (non-hydrogen) atoms. The van der Waals surface area contributed by atoms with Gasteiger partial charge in [-0.25, -0.2) is 9.97 Å². The van der Waals surface area contributed by atoms with Gasteiger partial charge < -0.3 is 14.4 Å². The van der Waals surface area contributed by atoms with E-state index in [-0.39, 0.29) is 11.9 Å². The average molecular weight is 375 g/mol. The molecule has 1 aliphatic heterocycles. The van der Waals surface area contributed by atoms with Gasteiger partial charge >= 0.3 is 0 Å². The van der Waals surface area contributed by atoms with E-state index < -0.39 is 0 Å². The van der Waals surface area contributed by atoms with Gasteiger partial charge in [-0.1, -0.05) is 29.8 Å². The minimum absolute atomic E-state index is 0.0126. The van der Waals surface area contributed by atoms with Gasteiger partial charge in [0.25, 0.3) is 0 Å². The lowest BCUT2D eigenvalue weighted by atomic mass is 10.0. The summed E-state index contributed by atoms with van der Waals surface area (Å²) in [5.41, 5.74) is 2.38. The molecule has 6 heteroatoms. The summed E-state index contributed by atoms with van der Waals surface area (Å²) in [6.07, 6.45) is 8.02. The first kappa shape index (κ1) is 18.2. The van der Waals surface area contributed by atoms with E-state index in [9.17, 15) is 4.79 Å². The van der Waals surface area contributed by atoms with E-state index in [2.05, 4.69) is 50.6 Å². The first-order valence-electron chi connectivity index (χ1n) is 9.69. The van der Waals surface area contributed by atoms with Crippen molar-refractivity contribution in [3.63, 3.8) is 0 Å². The van der Waals surface area contributed by atoms with Gasteiger partial charge in [0.15, 0.2) is 0 Å². The zero-order valence-corrected chi connectivity index (χ0v) is 16.1. The van der Waals surface area contributed by atoms with Crippen LogP contribution in [0.15, 0.2) is 67.3 Å². The molecule has 3 heterocycles. The van der Waals surface area contributed by atoms with Crippen molar-refractivity contribution in [3.05, 3.63) is 78.4 Å². The Morgan fingerprint density at radius 2 is 1.61 bits per heavy atom. The molecular formula is C22H25N5O. The van der Waals surface area contributed by atoms with Crippen LogP contribution in [0.25, 0.3) is 0 Å². The largest absolute Gasteiger partial charge is 0.346 e.